The minimum absolute atomic E-state index is 0.0140. The number of allylic oxidation sites excluding steroid dienone is 2. The minimum atomic E-state index is -0.310. The molecule has 2 aliphatic heterocycles. The van der Waals surface area contributed by atoms with E-state index in [2.05, 4.69) is 52.2 Å². The Hall–Kier alpha value is -0.800. The maximum Gasteiger partial charge on any atom is 0.0918 e. The lowest BCUT2D eigenvalue weighted by molar-refractivity contribution is -0.230. The van der Waals surface area contributed by atoms with E-state index in [9.17, 15) is 5.11 Å². The highest BCUT2D eigenvalue weighted by molar-refractivity contribution is 5.29. The fourth-order valence-electron chi connectivity index (χ4n) is 8.79. The first-order valence-electron chi connectivity index (χ1n) is 12.0. The van der Waals surface area contributed by atoms with E-state index in [0.717, 1.165) is 31.4 Å². The Bertz CT molecular complexity index is 701. The van der Waals surface area contributed by atoms with Crippen molar-refractivity contribution in [3.63, 3.8) is 0 Å². The second-order valence-corrected chi connectivity index (χ2v) is 11.1. The Labute approximate surface area is 178 Å². The van der Waals surface area contributed by atoms with Crippen LogP contribution in [0.5, 0.6) is 0 Å². The SMILES string of the molecule is C=C(C)[C@]1(C)C(C)C2(C3CC=C(OC)CC3C)CCN3CCC[C@](CC)(C32)[C@H]1O. The first kappa shape index (κ1) is 21.4. The summed E-state index contributed by atoms with van der Waals surface area (Å²) in [5.74, 6) is 2.83. The maximum absolute atomic E-state index is 12.0. The summed E-state index contributed by atoms with van der Waals surface area (Å²) in [4.78, 5) is 2.78. The van der Waals surface area contributed by atoms with Crippen LogP contribution in [0.1, 0.15) is 73.1 Å². The Morgan fingerprint density at radius 3 is 2.62 bits per heavy atom. The molecule has 3 nitrogen and oxygen atoms in total. The van der Waals surface area contributed by atoms with Crippen molar-refractivity contribution >= 4 is 0 Å². The van der Waals surface area contributed by atoms with Crippen LogP contribution in [-0.2, 0) is 4.74 Å². The zero-order valence-electron chi connectivity index (χ0n) is 19.6. The lowest BCUT2D eigenvalue weighted by Gasteiger charge is -2.69. The molecule has 5 unspecified atom stereocenters. The van der Waals surface area contributed by atoms with Gasteiger partial charge in [-0.2, -0.15) is 0 Å². The quantitative estimate of drug-likeness (QED) is 0.640. The Balaban J connectivity index is 1.91. The number of ether oxygens (including phenoxy) is 1. The molecule has 4 aliphatic rings. The average Bonchev–Trinajstić information content (AvgIpc) is 3.12. The average molecular weight is 402 g/mol. The maximum atomic E-state index is 12.0. The van der Waals surface area contributed by atoms with Crippen molar-refractivity contribution < 1.29 is 9.84 Å². The van der Waals surface area contributed by atoms with Gasteiger partial charge in [0.25, 0.3) is 0 Å². The lowest BCUT2D eigenvalue weighted by atomic mass is 9.38. The van der Waals surface area contributed by atoms with Crippen LogP contribution in [0.3, 0.4) is 0 Å². The van der Waals surface area contributed by atoms with Crippen LogP contribution in [0.4, 0.5) is 0 Å². The molecular weight excluding hydrogens is 358 g/mol. The molecule has 29 heavy (non-hydrogen) atoms. The van der Waals surface area contributed by atoms with Gasteiger partial charge in [-0.3, -0.25) is 4.90 Å². The number of aliphatic hydroxyl groups excluding tert-OH is 1. The molecule has 164 valence electrons. The van der Waals surface area contributed by atoms with Gasteiger partial charge in [-0.1, -0.05) is 39.8 Å². The summed E-state index contributed by atoms with van der Waals surface area (Å²) in [5.41, 5.74) is 1.16. The zero-order valence-corrected chi connectivity index (χ0v) is 19.6. The van der Waals surface area contributed by atoms with Crippen molar-refractivity contribution in [1.29, 1.82) is 0 Å². The van der Waals surface area contributed by atoms with Gasteiger partial charge in [0.05, 0.1) is 19.0 Å². The van der Waals surface area contributed by atoms with Gasteiger partial charge in [0, 0.05) is 23.3 Å². The molecule has 0 radical (unpaired) electrons. The number of piperidine rings is 1. The van der Waals surface area contributed by atoms with Gasteiger partial charge in [-0.25, -0.2) is 0 Å². The molecule has 2 heterocycles. The number of nitrogens with zero attached hydrogens (tertiary/aromatic N) is 1. The zero-order chi connectivity index (χ0) is 21.2. The second kappa shape index (κ2) is 7.12. The van der Waals surface area contributed by atoms with E-state index in [0.29, 0.717) is 23.8 Å². The topological polar surface area (TPSA) is 32.7 Å². The van der Waals surface area contributed by atoms with E-state index in [1.165, 1.54) is 31.5 Å². The van der Waals surface area contributed by atoms with Crippen molar-refractivity contribution in [2.75, 3.05) is 20.2 Å². The third-order valence-electron chi connectivity index (χ3n) is 10.5. The third-order valence-corrected chi connectivity index (χ3v) is 10.5. The third kappa shape index (κ3) is 2.56. The van der Waals surface area contributed by atoms with Crippen molar-refractivity contribution in [3.05, 3.63) is 24.0 Å². The fraction of sp³-hybridized carbons (Fsp3) is 0.846. The normalized spacial score (nSPS) is 50.0. The summed E-state index contributed by atoms with van der Waals surface area (Å²) < 4.78 is 5.64. The van der Waals surface area contributed by atoms with Crippen LogP contribution >= 0.6 is 0 Å². The molecule has 8 atom stereocenters. The van der Waals surface area contributed by atoms with Crippen LogP contribution in [0.25, 0.3) is 0 Å². The standard InChI is InChI=1S/C26H43NO2/c1-8-25-12-9-14-27-15-13-26(22(25)27,19(5)24(6,17(2)3)23(25)28)21-11-10-20(29-7)16-18(21)4/h10,18-19,21-23,28H,2,8-9,11-16H2,1,3-7H3/t18?,19?,21?,22?,23-,24+,25+,26?/m0/s1. The van der Waals surface area contributed by atoms with E-state index in [1.54, 1.807) is 0 Å². The number of hydrogen-bond acceptors (Lipinski definition) is 3. The molecule has 3 fully saturated rings. The van der Waals surface area contributed by atoms with Crippen molar-refractivity contribution in [3.8, 4) is 0 Å². The molecule has 2 saturated heterocycles. The molecule has 2 aliphatic carbocycles. The van der Waals surface area contributed by atoms with Gasteiger partial charge in [0.1, 0.15) is 0 Å². The molecule has 1 saturated carbocycles. The molecule has 0 aromatic carbocycles. The number of methoxy groups -OCH3 is 1. The highest BCUT2D eigenvalue weighted by Crippen LogP contribution is 2.71. The van der Waals surface area contributed by atoms with E-state index < -0.39 is 0 Å². The highest BCUT2D eigenvalue weighted by atomic mass is 16.5. The van der Waals surface area contributed by atoms with Crippen LogP contribution in [0.15, 0.2) is 24.0 Å². The molecule has 3 heteroatoms. The molecule has 0 amide bonds. The molecule has 0 aromatic rings. The largest absolute Gasteiger partial charge is 0.501 e. The second-order valence-electron chi connectivity index (χ2n) is 11.1. The summed E-state index contributed by atoms with van der Waals surface area (Å²) in [6.07, 6.45) is 8.92. The van der Waals surface area contributed by atoms with Crippen molar-refractivity contribution in [1.82, 2.24) is 4.90 Å². The van der Waals surface area contributed by atoms with Gasteiger partial charge in [-0.05, 0) is 81.4 Å². The highest BCUT2D eigenvalue weighted by Gasteiger charge is 2.73. The van der Waals surface area contributed by atoms with Crippen molar-refractivity contribution in [2.45, 2.75) is 85.3 Å². The summed E-state index contributed by atoms with van der Waals surface area (Å²) >= 11 is 0. The van der Waals surface area contributed by atoms with Crippen LogP contribution in [0.2, 0.25) is 0 Å². The van der Waals surface area contributed by atoms with Crippen LogP contribution in [-0.4, -0.2) is 42.4 Å². The Morgan fingerprint density at radius 1 is 1.31 bits per heavy atom. The molecule has 1 N–H and O–H groups in total. The Kier molecular flexibility index (Phi) is 5.26. The molecule has 0 aromatic heterocycles. The van der Waals surface area contributed by atoms with Gasteiger partial charge >= 0.3 is 0 Å². The van der Waals surface area contributed by atoms with Gasteiger partial charge < -0.3 is 9.84 Å². The summed E-state index contributed by atoms with van der Waals surface area (Å²) in [7, 11) is 1.81. The van der Waals surface area contributed by atoms with Crippen LogP contribution < -0.4 is 0 Å². The van der Waals surface area contributed by atoms with Crippen molar-refractivity contribution in [2.24, 2.45) is 34.0 Å². The Morgan fingerprint density at radius 2 is 2.03 bits per heavy atom. The molecule has 4 rings (SSSR count). The fourth-order valence-corrected chi connectivity index (χ4v) is 8.79. The molecular formula is C26H43NO2. The summed E-state index contributed by atoms with van der Waals surface area (Å²) in [5, 5.41) is 12.0. The first-order chi connectivity index (χ1) is 13.7. The van der Waals surface area contributed by atoms with E-state index in [1.807, 2.05) is 7.11 Å². The van der Waals surface area contributed by atoms with Gasteiger partial charge in [-0.15, -0.1) is 0 Å². The number of aliphatic hydroxyl groups is 1. The minimum Gasteiger partial charge on any atom is -0.501 e. The lowest BCUT2D eigenvalue weighted by Crippen LogP contribution is -2.72. The summed E-state index contributed by atoms with van der Waals surface area (Å²) in [6, 6.07) is 0.496. The molecule has 0 spiro atoms. The van der Waals surface area contributed by atoms with E-state index >= 15 is 0 Å². The van der Waals surface area contributed by atoms with E-state index in [-0.39, 0.29) is 22.3 Å². The van der Waals surface area contributed by atoms with Gasteiger partial charge in [0.2, 0.25) is 0 Å². The predicted octanol–water partition coefficient (Wildman–Crippen LogP) is 5.41. The van der Waals surface area contributed by atoms with E-state index in [4.69, 9.17) is 4.74 Å². The molecule has 0 bridgehead atoms. The first-order valence-corrected chi connectivity index (χ1v) is 12.0. The predicted molar refractivity (Wildman–Crippen MR) is 119 cm³/mol. The number of hydrogen-bond donors (Lipinski definition) is 1. The van der Waals surface area contributed by atoms with Crippen LogP contribution in [0, 0.1) is 34.0 Å². The number of rotatable bonds is 4. The summed E-state index contributed by atoms with van der Waals surface area (Å²) in [6.45, 7) is 18.6. The monoisotopic (exact) mass is 401 g/mol. The smallest absolute Gasteiger partial charge is 0.0918 e. The van der Waals surface area contributed by atoms with Gasteiger partial charge in [0.15, 0.2) is 0 Å².